The van der Waals surface area contributed by atoms with Crippen LogP contribution in [0.2, 0.25) is 0 Å². The van der Waals surface area contributed by atoms with E-state index in [4.69, 9.17) is 14.2 Å². The van der Waals surface area contributed by atoms with Crippen LogP contribution in [0.5, 0.6) is 0 Å². The monoisotopic (exact) mass is 587 g/mol. The van der Waals surface area contributed by atoms with Gasteiger partial charge in [-0.1, -0.05) is 34.6 Å². The number of carbonyl (C=O) groups is 4. The molecule has 0 aromatic rings. The maximum atomic E-state index is 13.8. The Balaban J connectivity index is 1.25. The fourth-order valence-electron chi connectivity index (χ4n) is 9.17. The summed E-state index contributed by atoms with van der Waals surface area (Å²) in [6.07, 6.45) is 6.81. The van der Waals surface area contributed by atoms with Crippen molar-refractivity contribution in [2.75, 3.05) is 13.2 Å². The Labute approximate surface area is 249 Å². The van der Waals surface area contributed by atoms with Gasteiger partial charge in [0.15, 0.2) is 5.78 Å². The van der Waals surface area contributed by atoms with Gasteiger partial charge >= 0.3 is 11.9 Å². The van der Waals surface area contributed by atoms with Crippen LogP contribution >= 0.6 is 0 Å². The number of amides is 1. The first kappa shape index (κ1) is 31.0. The number of rotatable bonds is 10. The van der Waals surface area contributed by atoms with E-state index >= 15 is 0 Å². The zero-order valence-electron chi connectivity index (χ0n) is 26.4. The Morgan fingerprint density at radius 2 is 1.55 bits per heavy atom. The van der Waals surface area contributed by atoms with Gasteiger partial charge in [0.05, 0.1) is 25.7 Å². The van der Waals surface area contributed by atoms with Crippen LogP contribution < -0.4 is 0 Å². The van der Waals surface area contributed by atoms with E-state index in [0.29, 0.717) is 12.0 Å². The molecule has 0 spiro atoms. The Bertz CT molecular complexity index is 1140. The van der Waals surface area contributed by atoms with Gasteiger partial charge in [-0.05, 0) is 87.4 Å². The number of carbonyl (C=O) groups excluding carboxylic acids is 4. The van der Waals surface area contributed by atoms with Crippen molar-refractivity contribution in [2.45, 2.75) is 124 Å². The first-order valence-corrected chi connectivity index (χ1v) is 15.8. The Morgan fingerprint density at radius 1 is 0.976 bits per heavy atom. The zero-order valence-corrected chi connectivity index (χ0v) is 26.4. The summed E-state index contributed by atoms with van der Waals surface area (Å²) >= 11 is 0. The third-order valence-electron chi connectivity index (χ3n) is 10.5. The highest BCUT2D eigenvalue weighted by Crippen LogP contribution is 2.61. The summed E-state index contributed by atoms with van der Waals surface area (Å²) < 4.78 is 17.0. The zero-order chi connectivity index (χ0) is 30.8. The number of nitrogens with zero attached hydrogens (tertiary/aromatic N) is 1. The van der Waals surface area contributed by atoms with Crippen LogP contribution in [0.3, 0.4) is 0 Å². The molecule has 0 radical (unpaired) electrons. The topological polar surface area (TPSA) is 119 Å². The molecule has 0 unspecified atom stereocenters. The molecular formula is C33H49NO8. The molecule has 0 aromatic carbocycles. The van der Waals surface area contributed by atoms with Gasteiger partial charge in [-0.2, -0.15) is 0 Å². The molecule has 4 bridgehead atoms. The quantitative estimate of drug-likeness (QED) is 0.272. The number of fused-ring (bicyclic) bond motifs is 1. The van der Waals surface area contributed by atoms with Gasteiger partial charge in [-0.15, -0.1) is 0 Å². The van der Waals surface area contributed by atoms with E-state index in [2.05, 4.69) is 0 Å². The maximum Gasteiger partial charge on any atom is 0.342 e. The van der Waals surface area contributed by atoms with E-state index in [1.165, 1.54) is 43.4 Å². The Morgan fingerprint density at radius 3 is 2.07 bits per heavy atom. The van der Waals surface area contributed by atoms with Gasteiger partial charge in [0.1, 0.15) is 17.6 Å². The SMILES string of the molecule is CCOC(=O)[C@@]12C(O)=C(C(=O)CC(C)(C)CC(=O)OCCC34CC5CC(CC(C5)C3)C4)C(=O)N1[C@@H](C(C)(C)C)O[C@@H]2C. The molecule has 6 rings (SSSR count). The molecule has 4 saturated carbocycles. The smallest absolute Gasteiger partial charge is 0.342 e. The van der Waals surface area contributed by atoms with E-state index in [1.807, 2.05) is 20.8 Å². The van der Waals surface area contributed by atoms with E-state index < -0.39 is 57.7 Å². The Hall–Kier alpha value is -2.42. The molecule has 2 aliphatic heterocycles. The van der Waals surface area contributed by atoms with Crippen LogP contribution in [0.15, 0.2) is 11.3 Å². The summed E-state index contributed by atoms with van der Waals surface area (Å²) in [6, 6.07) is 0. The highest BCUT2D eigenvalue weighted by atomic mass is 16.6. The summed E-state index contributed by atoms with van der Waals surface area (Å²) in [6.45, 7) is 12.8. The lowest BCUT2D eigenvalue weighted by molar-refractivity contribution is -0.161. The van der Waals surface area contributed by atoms with Gasteiger partial charge in [-0.25, -0.2) is 4.79 Å². The van der Waals surface area contributed by atoms with E-state index in [-0.39, 0.29) is 25.4 Å². The lowest BCUT2D eigenvalue weighted by Crippen LogP contribution is -2.59. The second-order valence-electron chi connectivity index (χ2n) is 15.7. The predicted molar refractivity (Wildman–Crippen MR) is 154 cm³/mol. The molecule has 1 saturated heterocycles. The molecule has 1 N–H and O–H groups in total. The van der Waals surface area contributed by atoms with Crippen molar-refractivity contribution in [3.8, 4) is 0 Å². The second-order valence-corrected chi connectivity index (χ2v) is 15.7. The minimum absolute atomic E-state index is 0.00128. The fourth-order valence-corrected chi connectivity index (χ4v) is 9.17. The first-order valence-electron chi connectivity index (χ1n) is 15.8. The van der Waals surface area contributed by atoms with Crippen molar-refractivity contribution in [1.82, 2.24) is 4.90 Å². The standard InChI is InChI=1S/C33H49NO8/c1-8-40-29(39)33-19(2)42-28(30(3,4)5)34(33)27(38)25(26(33)37)23(35)17-31(6,7)18-24(36)41-10-9-32-14-20-11-21(15-32)13-22(12-20)16-32/h19-22,28,37H,8-18H2,1-7H3/t19-,20?,21?,22?,28-,32?,33-/m1/s1. The van der Waals surface area contributed by atoms with Crippen molar-refractivity contribution in [3.63, 3.8) is 0 Å². The number of ketones is 1. The summed E-state index contributed by atoms with van der Waals surface area (Å²) in [5, 5.41) is 11.4. The van der Waals surface area contributed by atoms with Crippen LogP contribution in [-0.2, 0) is 33.4 Å². The molecule has 1 amide bonds. The maximum absolute atomic E-state index is 13.8. The van der Waals surface area contributed by atoms with E-state index in [1.54, 1.807) is 27.7 Å². The molecule has 42 heavy (non-hydrogen) atoms. The first-order chi connectivity index (χ1) is 19.5. The van der Waals surface area contributed by atoms with Crippen LogP contribution in [0.25, 0.3) is 0 Å². The van der Waals surface area contributed by atoms with Gasteiger partial charge in [0.2, 0.25) is 5.54 Å². The van der Waals surface area contributed by atoms with Crippen molar-refractivity contribution in [1.29, 1.82) is 0 Å². The van der Waals surface area contributed by atoms with Gasteiger partial charge in [0.25, 0.3) is 5.91 Å². The number of hydrogen-bond acceptors (Lipinski definition) is 8. The molecule has 0 aromatic heterocycles. The molecule has 9 heteroatoms. The predicted octanol–water partition coefficient (Wildman–Crippen LogP) is 5.26. The van der Waals surface area contributed by atoms with Crippen molar-refractivity contribution < 1.29 is 38.5 Å². The lowest BCUT2D eigenvalue weighted by atomic mass is 9.49. The average molecular weight is 588 g/mol. The summed E-state index contributed by atoms with van der Waals surface area (Å²) in [5.74, 6) is -0.699. The highest BCUT2D eigenvalue weighted by Gasteiger charge is 2.71. The van der Waals surface area contributed by atoms with Crippen LogP contribution in [0.1, 0.15) is 106 Å². The van der Waals surface area contributed by atoms with Crippen LogP contribution in [-0.4, -0.2) is 64.7 Å². The number of ether oxygens (including phenoxy) is 3. The summed E-state index contributed by atoms with van der Waals surface area (Å²) in [4.78, 5) is 54.8. The van der Waals surface area contributed by atoms with Gasteiger partial charge in [0, 0.05) is 11.8 Å². The summed E-state index contributed by atoms with van der Waals surface area (Å²) in [7, 11) is 0. The molecular weight excluding hydrogens is 538 g/mol. The van der Waals surface area contributed by atoms with Crippen molar-refractivity contribution in [3.05, 3.63) is 11.3 Å². The molecule has 234 valence electrons. The lowest BCUT2D eigenvalue weighted by Gasteiger charge is -2.57. The number of hydrogen-bond donors (Lipinski definition) is 1. The Kier molecular flexibility index (Phi) is 7.85. The number of aliphatic hydroxyl groups excluding tert-OH is 1. The molecule has 9 nitrogen and oxygen atoms in total. The number of Topliss-reactive ketones (excluding diaryl/α,β-unsaturated/α-hetero) is 1. The van der Waals surface area contributed by atoms with Crippen molar-refractivity contribution >= 4 is 23.6 Å². The highest BCUT2D eigenvalue weighted by molar-refractivity contribution is 6.24. The third kappa shape index (κ3) is 5.17. The minimum atomic E-state index is -1.93. The van der Waals surface area contributed by atoms with E-state index in [9.17, 15) is 24.3 Å². The third-order valence-corrected chi connectivity index (χ3v) is 10.5. The van der Waals surface area contributed by atoms with Gasteiger partial charge in [-0.3, -0.25) is 19.3 Å². The van der Waals surface area contributed by atoms with Crippen LogP contribution in [0, 0.1) is 34.0 Å². The fraction of sp³-hybridized carbons (Fsp3) is 0.818. The second kappa shape index (κ2) is 10.6. The molecule has 6 aliphatic rings. The van der Waals surface area contributed by atoms with Gasteiger partial charge < -0.3 is 19.3 Å². The molecule has 4 aliphatic carbocycles. The number of aliphatic hydroxyl groups is 1. The number of esters is 2. The largest absolute Gasteiger partial charge is 0.508 e. The van der Waals surface area contributed by atoms with Crippen LogP contribution in [0.4, 0.5) is 0 Å². The van der Waals surface area contributed by atoms with E-state index in [0.717, 1.165) is 24.2 Å². The average Bonchev–Trinajstić information content (AvgIpc) is 3.28. The minimum Gasteiger partial charge on any atom is -0.508 e. The van der Waals surface area contributed by atoms with Crippen molar-refractivity contribution in [2.24, 2.45) is 34.0 Å². The molecule has 2 heterocycles. The molecule has 3 atom stereocenters. The normalized spacial score (nSPS) is 35.5. The summed E-state index contributed by atoms with van der Waals surface area (Å²) in [5.41, 5.74) is -3.50. The molecule has 5 fully saturated rings.